The second-order valence-corrected chi connectivity index (χ2v) is 7.10. The molecule has 0 fully saturated rings. The molecule has 2 rings (SSSR count). The number of nitrogens with zero attached hydrogens (tertiary/aromatic N) is 1. The largest absolute Gasteiger partial charge is 0.294 e. The zero-order valence-electron chi connectivity index (χ0n) is 11.1. The minimum atomic E-state index is -3.72. The highest BCUT2D eigenvalue weighted by molar-refractivity contribution is 7.93. The summed E-state index contributed by atoms with van der Waals surface area (Å²) >= 11 is 1.26. The van der Waals surface area contributed by atoms with E-state index < -0.39 is 10.0 Å². The number of hydrogen-bond acceptors (Lipinski definition) is 5. The minimum absolute atomic E-state index is 0.0599. The highest BCUT2D eigenvalue weighted by atomic mass is 32.2. The van der Waals surface area contributed by atoms with Crippen molar-refractivity contribution in [3.05, 3.63) is 40.9 Å². The van der Waals surface area contributed by atoms with E-state index in [0.717, 1.165) is 4.88 Å². The maximum absolute atomic E-state index is 12.2. The van der Waals surface area contributed by atoms with Crippen molar-refractivity contribution >= 4 is 32.3 Å². The van der Waals surface area contributed by atoms with E-state index in [9.17, 15) is 13.2 Å². The molecular weight excluding hydrogens is 296 g/mol. The number of rotatable bonds is 5. The molecule has 0 aliphatic carbocycles. The smallest absolute Gasteiger partial charge is 0.263 e. The molecule has 106 valence electrons. The van der Waals surface area contributed by atoms with Crippen LogP contribution in [0.2, 0.25) is 0 Å². The lowest BCUT2D eigenvalue weighted by Crippen LogP contribution is -2.13. The second-order valence-electron chi connectivity index (χ2n) is 4.19. The van der Waals surface area contributed by atoms with E-state index in [1.54, 1.807) is 25.3 Å². The van der Waals surface area contributed by atoms with Gasteiger partial charge in [0.05, 0.1) is 4.90 Å². The van der Waals surface area contributed by atoms with Crippen molar-refractivity contribution in [1.82, 2.24) is 4.98 Å². The first-order valence-electron chi connectivity index (χ1n) is 6.01. The molecule has 0 spiro atoms. The Morgan fingerprint density at radius 3 is 2.75 bits per heavy atom. The van der Waals surface area contributed by atoms with Crippen LogP contribution in [0.25, 0.3) is 0 Å². The highest BCUT2D eigenvalue weighted by Gasteiger charge is 2.17. The van der Waals surface area contributed by atoms with Crippen LogP contribution in [0, 0.1) is 6.92 Å². The molecule has 5 nitrogen and oxygen atoms in total. The Bertz CT molecular complexity index is 736. The van der Waals surface area contributed by atoms with Crippen molar-refractivity contribution in [3.63, 3.8) is 0 Å². The topological polar surface area (TPSA) is 76.1 Å². The van der Waals surface area contributed by atoms with Gasteiger partial charge in [-0.25, -0.2) is 13.4 Å². The van der Waals surface area contributed by atoms with Crippen molar-refractivity contribution in [2.75, 3.05) is 4.72 Å². The fourth-order valence-electron chi connectivity index (χ4n) is 1.62. The summed E-state index contributed by atoms with van der Waals surface area (Å²) in [4.78, 5) is 16.6. The Kier molecular flexibility index (Phi) is 4.20. The van der Waals surface area contributed by atoms with Crippen LogP contribution in [-0.2, 0) is 10.0 Å². The maximum Gasteiger partial charge on any atom is 0.263 e. The molecule has 1 N–H and O–H groups in total. The quantitative estimate of drug-likeness (QED) is 0.862. The van der Waals surface area contributed by atoms with Crippen molar-refractivity contribution in [2.24, 2.45) is 0 Å². The fraction of sp³-hybridized carbons (Fsp3) is 0.231. The van der Waals surface area contributed by atoms with Gasteiger partial charge < -0.3 is 0 Å². The minimum Gasteiger partial charge on any atom is -0.294 e. The Morgan fingerprint density at radius 1 is 1.40 bits per heavy atom. The van der Waals surface area contributed by atoms with Crippen LogP contribution in [0.3, 0.4) is 0 Å². The lowest BCUT2D eigenvalue weighted by molar-refractivity contribution is 0.0988. The molecule has 0 amide bonds. The number of ketones is 1. The molecule has 1 aromatic heterocycles. The molecule has 0 radical (unpaired) electrons. The molecule has 7 heteroatoms. The second kappa shape index (κ2) is 5.72. The lowest BCUT2D eigenvalue weighted by Gasteiger charge is -2.06. The van der Waals surface area contributed by atoms with Crippen LogP contribution >= 0.6 is 11.3 Å². The molecule has 0 aliphatic rings. The van der Waals surface area contributed by atoms with E-state index in [0.29, 0.717) is 17.1 Å². The standard InChI is InChI=1S/C13H14N2O3S2/c1-3-12(16)10-5-4-6-11(7-10)20(17,18)15-13-14-8-9(2)19-13/h4-8H,3H2,1-2H3,(H,14,15). The summed E-state index contributed by atoms with van der Waals surface area (Å²) in [6.07, 6.45) is 1.93. The van der Waals surface area contributed by atoms with Gasteiger partial charge in [0.1, 0.15) is 0 Å². The van der Waals surface area contributed by atoms with Gasteiger partial charge in [-0.05, 0) is 19.1 Å². The summed E-state index contributed by atoms with van der Waals surface area (Å²) < 4.78 is 26.8. The number of sulfonamides is 1. The van der Waals surface area contributed by atoms with Crippen molar-refractivity contribution in [2.45, 2.75) is 25.2 Å². The molecule has 1 aromatic carbocycles. The first-order chi connectivity index (χ1) is 9.42. The highest BCUT2D eigenvalue weighted by Crippen LogP contribution is 2.21. The number of thiazole rings is 1. The number of aromatic nitrogens is 1. The number of carbonyl (C=O) groups excluding carboxylic acids is 1. The molecule has 0 bridgehead atoms. The zero-order chi connectivity index (χ0) is 14.8. The van der Waals surface area contributed by atoms with Gasteiger partial charge in [0.25, 0.3) is 10.0 Å². The number of carbonyl (C=O) groups is 1. The Balaban J connectivity index is 2.32. The van der Waals surface area contributed by atoms with Crippen LogP contribution in [-0.4, -0.2) is 19.2 Å². The van der Waals surface area contributed by atoms with Gasteiger partial charge >= 0.3 is 0 Å². The summed E-state index contributed by atoms with van der Waals surface area (Å²) in [6, 6.07) is 6.01. The fourth-order valence-corrected chi connectivity index (χ4v) is 3.57. The van der Waals surface area contributed by atoms with Crippen molar-refractivity contribution in [1.29, 1.82) is 0 Å². The summed E-state index contributed by atoms with van der Waals surface area (Å²) in [7, 11) is -3.72. The van der Waals surface area contributed by atoms with Gasteiger partial charge in [0, 0.05) is 23.1 Å². The van der Waals surface area contributed by atoms with Crippen LogP contribution < -0.4 is 4.72 Å². The average molecular weight is 310 g/mol. The number of aryl methyl sites for hydroxylation is 1. The Morgan fingerprint density at radius 2 is 2.15 bits per heavy atom. The van der Waals surface area contributed by atoms with E-state index >= 15 is 0 Å². The normalized spacial score (nSPS) is 11.3. The summed E-state index contributed by atoms with van der Waals surface area (Å²) in [5, 5.41) is 0.315. The summed E-state index contributed by atoms with van der Waals surface area (Å²) in [5.74, 6) is -0.0906. The predicted octanol–water partition coefficient (Wildman–Crippen LogP) is 2.85. The van der Waals surface area contributed by atoms with Gasteiger partial charge in [0.2, 0.25) is 0 Å². The third-order valence-corrected chi connectivity index (χ3v) is 4.92. The van der Waals surface area contributed by atoms with E-state index in [1.807, 2.05) is 6.92 Å². The van der Waals surface area contributed by atoms with E-state index in [1.165, 1.54) is 23.5 Å². The van der Waals surface area contributed by atoms with Gasteiger partial charge in [-0.2, -0.15) is 0 Å². The van der Waals surface area contributed by atoms with E-state index in [2.05, 4.69) is 9.71 Å². The average Bonchev–Trinajstić information content (AvgIpc) is 2.82. The number of hydrogen-bond donors (Lipinski definition) is 1. The van der Waals surface area contributed by atoms with E-state index in [4.69, 9.17) is 0 Å². The molecule has 1 heterocycles. The van der Waals surface area contributed by atoms with Crippen LogP contribution in [0.4, 0.5) is 5.13 Å². The van der Waals surface area contributed by atoms with E-state index in [-0.39, 0.29) is 10.7 Å². The molecular formula is C13H14N2O3S2. The lowest BCUT2D eigenvalue weighted by atomic mass is 10.1. The third-order valence-electron chi connectivity index (χ3n) is 2.63. The Hall–Kier alpha value is -1.73. The maximum atomic E-state index is 12.2. The number of Topliss-reactive ketones (excluding diaryl/α,β-unsaturated/α-hetero) is 1. The van der Waals surface area contributed by atoms with Crippen molar-refractivity contribution < 1.29 is 13.2 Å². The molecule has 0 saturated heterocycles. The first-order valence-corrected chi connectivity index (χ1v) is 8.31. The van der Waals surface area contributed by atoms with Gasteiger partial charge in [-0.3, -0.25) is 9.52 Å². The van der Waals surface area contributed by atoms with Crippen LogP contribution in [0.1, 0.15) is 28.6 Å². The van der Waals surface area contributed by atoms with Gasteiger partial charge in [-0.1, -0.05) is 19.1 Å². The predicted molar refractivity (Wildman–Crippen MR) is 78.7 cm³/mol. The summed E-state index contributed by atoms with van der Waals surface area (Å²) in [6.45, 7) is 3.58. The molecule has 0 saturated carbocycles. The zero-order valence-corrected chi connectivity index (χ0v) is 12.7. The van der Waals surface area contributed by atoms with Crippen molar-refractivity contribution in [3.8, 4) is 0 Å². The van der Waals surface area contributed by atoms with Crippen LogP contribution in [0.15, 0.2) is 35.4 Å². The number of benzene rings is 1. The third kappa shape index (κ3) is 3.23. The molecule has 0 atom stereocenters. The Labute approximate surface area is 121 Å². The van der Waals surface area contributed by atoms with Gasteiger partial charge in [0.15, 0.2) is 10.9 Å². The number of anilines is 1. The molecule has 2 aromatic rings. The summed E-state index contributed by atoms with van der Waals surface area (Å²) in [5.41, 5.74) is 0.394. The van der Waals surface area contributed by atoms with Gasteiger partial charge in [-0.15, -0.1) is 11.3 Å². The molecule has 20 heavy (non-hydrogen) atoms. The SMILES string of the molecule is CCC(=O)c1cccc(S(=O)(=O)Nc2ncc(C)s2)c1. The molecule has 0 unspecified atom stereocenters. The monoisotopic (exact) mass is 310 g/mol. The first kappa shape index (κ1) is 14.7. The molecule has 0 aliphatic heterocycles. The van der Waals surface area contributed by atoms with Crippen LogP contribution in [0.5, 0.6) is 0 Å². The number of nitrogens with one attached hydrogen (secondary N) is 1.